The Hall–Kier alpha value is -1.91. The fourth-order valence-corrected chi connectivity index (χ4v) is 1.09. The minimum atomic E-state index is -5.32. The Morgan fingerprint density at radius 3 is 1.57 bits per heavy atom. The van der Waals surface area contributed by atoms with Gasteiger partial charge in [0.15, 0.2) is 28.8 Å². The Kier molecular flexibility index (Phi) is 4.19. The standard InChI is InChI=1S/C10H6F8N2O/c1-9(19,10(16,17)18)8(21)20-7-5(14)3(12)2(11)4(13)6(7)15/h19H2,1H3,(H,20,21). The molecule has 1 unspecified atom stereocenters. The molecule has 0 aliphatic carbocycles. The summed E-state index contributed by atoms with van der Waals surface area (Å²) < 4.78 is 102. The average Bonchev–Trinajstić information content (AvgIpc) is 2.37. The van der Waals surface area contributed by atoms with Crippen molar-refractivity contribution in [2.24, 2.45) is 5.73 Å². The van der Waals surface area contributed by atoms with Gasteiger partial charge >= 0.3 is 6.18 Å². The van der Waals surface area contributed by atoms with Crippen LogP contribution in [0.5, 0.6) is 0 Å². The molecule has 0 bridgehead atoms. The lowest BCUT2D eigenvalue weighted by Crippen LogP contribution is -2.59. The molecule has 3 nitrogen and oxygen atoms in total. The van der Waals surface area contributed by atoms with Crippen molar-refractivity contribution in [1.29, 1.82) is 0 Å². The van der Waals surface area contributed by atoms with Crippen LogP contribution in [0.2, 0.25) is 0 Å². The van der Waals surface area contributed by atoms with Crippen LogP contribution < -0.4 is 11.1 Å². The molecule has 1 rings (SSSR count). The number of anilines is 1. The molecule has 118 valence electrons. The maximum Gasteiger partial charge on any atom is 0.415 e. The van der Waals surface area contributed by atoms with E-state index in [4.69, 9.17) is 0 Å². The summed E-state index contributed by atoms with van der Waals surface area (Å²) in [5, 5.41) is 0.954. The van der Waals surface area contributed by atoms with Gasteiger partial charge in [0.25, 0.3) is 5.91 Å². The lowest BCUT2D eigenvalue weighted by Gasteiger charge is -2.26. The highest BCUT2D eigenvalue weighted by molar-refractivity contribution is 5.98. The van der Waals surface area contributed by atoms with Crippen molar-refractivity contribution in [3.05, 3.63) is 29.1 Å². The summed E-state index contributed by atoms with van der Waals surface area (Å²) in [6.45, 7) is 0.161. The van der Waals surface area contributed by atoms with Gasteiger partial charge in [0.1, 0.15) is 5.69 Å². The van der Waals surface area contributed by atoms with E-state index < -0.39 is 52.4 Å². The van der Waals surface area contributed by atoms with Crippen molar-refractivity contribution in [3.8, 4) is 0 Å². The fraction of sp³-hybridized carbons (Fsp3) is 0.300. The van der Waals surface area contributed by atoms with E-state index in [1.165, 1.54) is 0 Å². The van der Waals surface area contributed by atoms with Gasteiger partial charge in [-0.15, -0.1) is 0 Å². The van der Waals surface area contributed by atoms with Crippen LogP contribution in [-0.2, 0) is 4.79 Å². The van der Waals surface area contributed by atoms with Crippen LogP contribution in [-0.4, -0.2) is 17.6 Å². The van der Waals surface area contributed by atoms with Gasteiger partial charge in [0.05, 0.1) is 0 Å². The molecular formula is C10H6F8N2O. The summed E-state index contributed by atoms with van der Waals surface area (Å²) >= 11 is 0. The van der Waals surface area contributed by atoms with Crippen molar-refractivity contribution in [2.45, 2.75) is 18.6 Å². The number of nitrogens with two attached hydrogens (primary N) is 1. The van der Waals surface area contributed by atoms with Gasteiger partial charge in [-0.05, 0) is 6.92 Å². The molecule has 0 saturated heterocycles. The quantitative estimate of drug-likeness (QED) is 0.500. The van der Waals surface area contributed by atoms with Crippen LogP contribution >= 0.6 is 0 Å². The number of hydrogen-bond donors (Lipinski definition) is 2. The van der Waals surface area contributed by atoms with Crippen molar-refractivity contribution in [2.75, 3.05) is 5.32 Å². The second kappa shape index (κ2) is 5.13. The van der Waals surface area contributed by atoms with E-state index in [-0.39, 0.29) is 6.92 Å². The van der Waals surface area contributed by atoms with Crippen molar-refractivity contribution < 1.29 is 39.9 Å². The SMILES string of the molecule is CC(N)(C(=O)Nc1c(F)c(F)c(F)c(F)c1F)C(F)(F)F. The van der Waals surface area contributed by atoms with E-state index in [1.807, 2.05) is 0 Å². The Morgan fingerprint density at radius 1 is 0.905 bits per heavy atom. The Morgan fingerprint density at radius 2 is 1.24 bits per heavy atom. The normalized spacial score (nSPS) is 14.8. The smallest absolute Gasteiger partial charge is 0.319 e. The van der Waals surface area contributed by atoms with E-state index in [2.05, 4.69) is 5.73 Å². The molecule has 0 saturated carbocycles. The largest absolute Gasteiger partial charge is 0.415 e. The third kappa shape index (κ3) is 2.77. The van der Waals surface area contributed by atoms with Crippen LogP contribution in [0, 0.1) is 29.1 Å². The second-order valence-corrected chi connectivity index (χ2v) is 4.10. The Labute approximate surface area is 111 Å². The van der Waals surface area contributed by atoms with Crippen LogP contribution in [0.4, 0.5) is 40.8 Å². The van der Waals surface area contributed by atoms with E-state index in [9.17, 15) is 39.9 Å². The number of rotatable bonds is 2. The van der Waals surface area contributed by atoms with Gasteiger partial charge < -0.3 is 11.1 Å². The number of carbonyl (C=O) groups excluding carboxylic acids is 1. The third-order valence-electron chi connectivity index (χ3n) is 2.51. The first kappa shape index (κ1) is 17.1. The topological polar surface area (TPSA) is 55.1 Å². The zero-order chi connectivity index (χ0) is 16.7. The lowest BCUT2D eigenvalue weighted by molar-refractivity contribution is -0.184. The first-order chi connectivity index (χ1) is 9.32. The van der Waals surface area contributed by atoms with E-state index >= 15 is 0 Å². The highest BCUT2D eigenvalue weighted by Gasteiger charge is 2.54. The number of halogens is 8. The molecule has 0 fully saturated rings. The van der Waals surface area contributed by atoms with Gasteiger partial charge in [0.2, 0.25) is 5.82 Å². The first-order valence-corrected chi connectivity index (χ1v) is 5.00. The number of benzene rings is 1. The predicted octanol–water partition coefficient (Wildman–Crippen LogP) is 2.60. The number of carbonyl (C=O) groups is 1. The highest BCUT2D eigenvalue weighted by Crippen LogP contribution is 2.31. The third-order valence-corrected chi connectivity index (χ3v) is 2.51. The number of alkyl halides is 3. The van der Waals surface area contributed by atoms with Crippen molar-refractivity contribution in [1.82, 2.24) is 0 Å². The van der Waals surface area contributed by atoms with E-state index in [0.717, 1.165) is 5.32 Å². The van der Waals surface area contributed by atoms with Gasteiger partial charge in [-0.2, -0.15) is 13.2 Å². The van der Waals surface area contributed by atoms with E-state index in [1.54, 1.807) is 0 Å². The first-order valence-electron chi connectivity index (χ1n) is 5.00. The summed E-state index contributed by atoms with van der Waals surface area (Å²) in [5.41, 5.74) is -0.875. The van der Waals surface area contributed by atoms with Gasteiger partial charge in [-0.1, -0.05) is 0 Å². The molecule has 0 heterocycles. The van der Waals surface area contributed by atoms with Gasteiger partial charge in [-0.3, -0.25) is 4.79 Å². The molecule has 21 heavy (non-hydrogen) atoms. The van der Waals surface area contributed by atoms with Crippen LogP contribution in [0.1, 0.15) is 6.92 Å². The maximum atomic E-state index is 13.2. The molecule has 3 N–H and O–H groups in total. The molecular weight excluding hydrogens is 316 g/mol. The second-order valence-electron chi connectivity index (χ2n) is 4.10. The summed E-state index contributed by atoms with van der Waals surface area (Å²) in [7, 11) is 0. The summed E-state index contributed by atoms with van der Waals surface area (Å²) in [6, 6.07) is 0. The fourth-order valence-electron chi connectivity index (χ4n) is 1.09. The molecule has 0 radical (unpaired) electrons. The van der Waals surface area contributed by atoms with Gasteiger partial charge in [0, 0.05) is 0 Å². The molecule has 1 aromatic rings. The summed E-state index contributed by atoms with van der Waals surface area (Å²) in [4.78, 5) is 11.3. The Balaban J connectivity index is 3.31. The molecule has 1 aromatic carbocycles. The van der Waals surface area contributed by atoms with E-state index in [0.29, 0.717) is 0 Å². The lowest BCUT2D eigenvalue weighted by atomic mass is 10.0. The van der Waals surface area contributed by atoms with Crippen LogP contribution in [0.15, 0.2) is 0 Å². The van der Waals surface area contributed by atoms with Gasteiger partial charge in [-0.25, -0.2) is 22.0 Å². The maximum absolute atomic E-state index is 13.2. The summed E-state index contributed by atoms with van der Waals surface area (Å²) in [6.07, 6.45) is -5.32. The minimum Gasteiger partial charge on any atom is -0.319 e. The van der Waals surface area contributed by atoms with Crippen LogP contribution in [0.25, 0.3) is 0 Å². The van der Waals surface area contributed by atoms with Crippen molar-refractivity contribution >= 4 is 11.6 Å². The minimum absolute atomic E-state index is 0.161. The average molecular weight is 322 g/mol. The molecule has 1 amide bonds. The Bertz CT molecular complexity index is 567. The highest BCUT2D eigenvalue weighted by atomic mass is 19.4. The zero-order valence-electron chi connectivity index (χ0n) is 10.0. The number of hydrogen-bond acceptors (Lipinski definition) is 2. The molecule has 0 spiro atoms. The predicted molar refractivity (Wildman–Crippen MR) is 53.5 cm³/mol. The molecule has 0 aliphatic rings. The number of nitrogens with one attached hydrogen (secondary N) is 1. The molecule has 0 aliphatic heterocycles. The molecule has 1 atom stereocenters. The van der Waals surface area contributed by atoms with Crippen LogP contribution in [0.3, 0.4) is 0 Å². The zero-order valence-corrected chi connectivity index (χ0v) is 10.0. The summed E-state index contributed by atoms with van der Waals surface area (Å²) in [5.74, 6) is -14.5. The van der Waals surface area contributed by atoms with Crippen molar-refractivity contribution in [3.63, 3.8) is 0 Å². The number of amides is 1. The monoisotopic (exact) mass is 322 g/mol. The molecule has 0 aromatic heterocycles. The molecule has 11 heteroatoms.